The fraction of sp³-hybridized carbons (Fsp3) is 0.962. The summed E-state index contributed by atoms with van der Waals surface area (Å²) in [6.45, 7) is 25.0. The first-order valence-corrected chi connectivity index (χ1v) is 18.8. The Hall–Kier alpha value is 0.384. The van der Waals surface area contributed by atoms with Gasteiger partial charge in [0.1, 0.15) is 11.9 Å². The molecule has 0 saturated carbocycles. The summed E-state index contributed by atoms with van der Waals surface area (Å²) in [5.41, 5.74) is 0. The van der Waals surface area contributed by atoms with E-state index in [-0.39, 0.29) is 51.0 Å². The van der Waals surface area contributed by atoms with Crippen molar-refractivity contribution in [3.8, 4) is 0 Å². The monoisotopic (exact) mass is 594 g/mol. The lowest BCUT2D eigenvalue weighted by molar-refractivity contribution is -0.128. The van der Waals surface area contributed by atoms with E-state index in [0.717, 1.165) is 12.8 Å². The van der Waals surface area contributed by atoms with Gasteiger partial charge in [0.25, 0.3) is 0 Å². The highest BCUT2D eigenvalue weighted by Crippen LogP contribution is 2.54. The zero-order chi connectivity index (χ0) is 27.0. The van der Waals surface area contributed by atoms with E-state index in [4.69, 9.17) is 18.0 Å². The molecule has 2 heterocycles. The van der Waals surface area contributed by atoms with E-state index >= 15 is 0 Å². The van der Waals surface area contributed by atoms with E-state index in [1.54, 1.807) is 0 Å². The number of Topliss-reactive ketones (excluding diaryl/α,β-unsaturated/α-hetero) is 1. The van der Waals surface area contributed by atoms with Crippen LogP contribution in [0.2, 0.25) is 28.2 Å². The molecule has 2 saturated heterocycles. The third-order valence-electron chi connectivity index (χ3n) is 8.00. The van der Waals surface area contributed by atoms with Gasteiger partial charge in [0.05, 0.1) is 29.7 Å². The first kappa shape index (κ1) is 31.6. The highest BCUT2D eigenvalue weighted by atomic mass is 79.9. The molecule has 6 nitrogen and oxygen atoms in total. The predicted molar refractivity (Wildman–Crippen MR) is 150 cm³/mol. The molecule has 1 unspecified atom stereocenters. The summed E-state index contributed by atoms with van der Waals surface area (Å²) in [5.74, 6) is 0.0296. The molecule has 2 rings (SSSR count). The van der Waals surface area contributed by atoms with Crippen LogP contribution in [-0.4, -0.2) is 70.2 Å². The number of alkyl halides is 1. The predicted octanol–water partition coefficient (Wildman–Crippen LogP) is 6.49. The van der Waals surface area contributed by atoms with Crippen molar-refractivity contribution in [3.63, 3.8) is 0 Å². The Labute approximate surface area is 224 Å². The van der Waals surface area contributed by atoms with Gasteiger partial charge in [-0.05, 0) is 37.4 Å². The van der Waals surface area contributed by atoms with E-state index in [9.17, 15) is 9.90 Å². The van der Waals surface area contributed by atoms with Crippen LogP contribution >= 0.6 is 15.9 Å². The van der Waals surface area contributed by atoms with Gasteiger partial charge in [-0.25, -0.2) is 0 Å². The largest absolute Gasteiger partial charge is 0.411 e. The molecule has 0 aromatic heterocycles. The van der Waals surface area contributed by atoms with Crippen molar-refractivity contribution in [2.45, 2.75) is 145 Å². The van der Waals surface area contributed by atoms with Crippen LogP contribution in [0.3, 0.4) is 0 Å². The number of ether oxygens (including phenoxy) is 1. The minimum absolute atomic E-state index is 0.00394. The number of carbonyl (C=O) groups is 1. The Morgan fingerprint density at radius 1 is 1.09 bits per heavy atom. The topological polar surface area (TPSA) is 74.2 Å². The van der Waals surface area contributed by atoms with Gasteiger partial charge in [0.2, 0.25) is 0 Å². The second-order valence-electron chi connectivity index (χ2n) is 14.0. The van der Waals surface area contributed by atoms with Crippen molar-refractivity contribution in [2.24, 2.45) is 0 Å². The third-order valence-corrected chi connectivity index (χ3v) is 18.5. The quantitative estimate of drug-likeness (QED) is 0.268. The zero-order valence-electron chi connectivity index (χ0n) is 24.0. The van der Waals surface area contributed by atoms with Crippen LogP contribution in [0, 0.1) is 0 Å². The Morgan fingerprint density at radius 3 is 2.17 bits per heavy atom. The summed E-state index contributed by atoms with van der Waals surface area (Å²) in [6.07, 6.45) is 1.15. The molecule has 0 aromatic rings. The average molecular weight is 596 g/mol. The third kappa shape index (κ3) is 7.28. The SMILES string of the molecule is CC(C)(C)[Si](C)(C)O[C@H]1CCCO[C@@H]1CC(Br)C(=O)C[C@@H]1O[Si](C(C)(C)C)(C(C)(C)C)OC[C@H]1O. The van der Waals surface area contributed by atoms with Crippen molar-refractivity contribution in [1.82, 2.24) is 0 Å². The van der Waals surface area contributed by atoms with Crippen LogP contribution in [0.4, 0.5) is 0 Å². The van der Waals surface area contributed by atoms with Crippen LogP contribution in [-0.2, 0) is 22.8 Å². The minimum Gasteiger partial charge on any atom is -0.411 e. The molecule has 0 bridgehead atoms. The van der Waals surface area contributed by atoms with Crippen LogP contribution in [0.5, 0.6) is 0 Å². The highest BCUT2D eigenvalue weighted by Gasteiger charge is 2.61. The maximum Gasteiger partial charge on any atom is 0.349 e. The lowest BCUT2D eigenvalue weighted by atomic mass is 9.98. The fourth-order valence-corrected chi connectivity index (χ4v) is 12.0. The van der Waals surface area contributed by atoms with Gasteiger partial charge in [-0.3, -0.25) is 4.79 Å². The number of hydrogen-bond donors (Lipinski definition) is 1. The zero-order valence-corrected chi connectivity index (χ0v) is 27.6. The second-order valence-corrected chi connectivity index (χ2v) is 24.6. The molecule has 0 aliphatic carbocycles. The first-order valence-electron chi connectivity index (χ1n) is 13.2. The normalized spacial score (nSPS) is 29.6. The number of hydrogen-bond acceptors (Lipinski definition) is 6. The van der Waals surface area contributed by atoms with E-state index in [2.05, 4.69) is 91.3 Å². The second kappa shape index (κ2) is 11.2. The summed E-state index contributed by atoms with van der Waals surface area (Å²) in [6, 6.07) is 0. The number of rotatable bonds is 7. The van der Waals surface area contributed by atoms with Crippen LogP contribution in [0.15, 0.2) is 0 Å². The van der Waals surface area contributed by atoms with Gasteiger partial charge in [0, 0.05) is 23.1 Å². The summed E-state index contributed by atoms with van der Waals surface area (Å²) >= 11 is 3.65. The van der Waals surface area contributed by atoms with Crippen molar-refractivity contribution in [2.75, 3.05) is 13.2 Å². The standard InChI is InChI=1S/C26H51BrO6Si2/c1-24(2,3)34(10,11)32-21-13-12-14-30-23(21)15-18(27)19(28)16-22-20(29)17-31-35(33-22,25(4,5)6)26(7,8)9/h18,20-23,29H,12-17H2,1-11H3/t18?,20-,21+,22+,23-/m1/s1. The van der Waals surface area contributed by atoms with Crippen molar-refractivity contribution in [3.05, 3.63) is 0 Å². The van der Waals surface area contributed by atoms with Gasteiger partial charge >= 0.3 is 8.56 Å². The highest BCUT2D eigenvalue weighted by molar-refractivity contribution is 9.10. The average Bonchev–Trinajstić information content (AvgIpc) is 2.68. The number of halogens is 1. The Balaban J connectivity index is 2.10. The number of aliphatic hydroxyl groups is 1. The molecule has 1 N–H and O–H groups in total. The number of aliphatic hydroxyl groups excluding tert-OH is 1. The van der Waals surface area contributed by atoms with Crippen LogP contribution in [0.25, 0.3) is 0 Å². The number of ketones is 1. The molecule has 0 radical (unpaired) electrons. The van der Waals surface area contributed by atoms with Gasteiger partial charge < -0.3 is 23.1 Å². The summed E-state index contributed by atoms with van der Waals surface area (Å²) in [4.78, 5) is 13.0. The Morgan fingerprint density at radius 2 is 1.66 bits per heavy atom. The van der Waals surface area contributed by atoms with E-state index in [0.29, 0.717) is 13.0 Å². The van der Waals surface area contributed by atoms with Crippen LogP contribution in [0.1, 0.15) is 88.0 Å². The first-order chi connectivity index (χ1) is 15.7. The van der Waals surface area contributed by atoms with Gasteiger partial charge in [-0.15, -0.1) is 0 Å². The molecule has 2 aliphatic heterocycles. The van der Waals surface area contributed by atoms with E-state index in [1.165, 1.54) is 0 Å². The molecule has 0 aromatic carbocycles. The molecule has 206 valence electrons. The molecule has 0 amide bonds. The van der Waals surface area contributed by atoms with Gasteiger partial charge in [-0.1, -0.05) is 78.2 Å². The molecule has 2 fully saturated rings. The summed E-state index contributed by atoms with van der Waals surface area (Å²) in [7, 11) is -4.71. The van der Waals surface area contributed by atoms with Crippen molar-refractivity contribution < 1.29 is 27.9 Å². The van der Waals surface area contributed by atoms with Crippen molar-refractivity contribution >= 4 is 38.6 Å². The summed E-state index contributed by atoms with van der Waals surface area (Å²) in [5, 5.41) is 10.4. The summed E-state index contributed by atoms with van der Waals surface area (Å²) < 4.78 is 25.8. The lowest BCUT2D eigenvalue weighted by Crippen LogP contribution is -2.65. The molecule has 5 atom stereocenters. The maximum absolute atomic E-state index is 13.3. The minimum atomic E-state index is -2.76. The molecule has 35 heavy (non-hydrogen) atoms. The van der Waals surface area contributed by atoms with Crippen molar-refractivity contribution in [1.29, 1.82) is 0 Å². The molecule has 9 heteroatoms. The number of carbonyl (C=O) groups excluding carboxylic acids is 1. The smallest absolute Gasteiger partial charge is 0.349 e. The Kier molecular flexibility index (Phi) is 10.2. The van der Waals surface area contributed by atoms with Gasteiger partial charge in [0.15, 0.2) is 8.32 Å². The maximum atomic E-state index is 13.3. The molecular formula is C26H51BrO6Si2. The Bertz CT molecular complexity index is 711. The van der Waals surface area contributed by atoms with E-state index in [1.807, 2.05) is 0 Å². The van der Waals surface area contributed by atoms with Crippen LogP contribution < -0.4 is 0 Å². The molecule has 2 aliphatic rings. The molecule has 0 spiro atoms. The lowest BCUT2D eigenvalue weighted by Gasteiger charge is -2.54. The molecular weight excluding hydrogens is 544 g/mol. The van der Waals surface area contributed by atoms with Gasteiger partial charge in [-0.2, -0.15) is 0 Å². The van der Waals surface area contributed by atoms with E-state index < -0.39 is 29.1 Å². The fourth-order valence-electron chi connectivity index (χ4n) is 5.11.